The van der Waals surface area contributed by atoms with Crippen LogP contribution in [0, 0.1) is 13.8 Å². The molecule has 5 nitrogen and oxygen atoms in total. The van der Waals surface area contributed by atoms with Crippen molar-refractivity contribution in [2.24, 2.45) is 9.98 Å². The van der Waals surface area contributed by atoms with Crippen LogP contribution in [0.2, 0.25) is 0 Å². The number of nitrogens with zero attached hydrogens (tertiary/aromatic N) is 4. The van der Waals surface area contributed by atoms with Gasteiger partial charge < -0.3 is 4.52 Å². The Labute approximate surface area is 149 Å². The fourth-order valence-corrected chi connectivity index (χ4v) is 1.62. The van der Waals surface area contributed by atoms with E-state index in [-0.39, 0.29) is 0 Å². The highest BCUT2D eigenvalue weighted by Crippen LogP contribution is 2.06. The van der Waals surface area contributed by atoms with E-state index in [1.54, 1.807) is 31.1 Å². The third-order valence-electron chi connectivity index (χ3n) is 3.01. The molecule has 1 aliphatic heterocycles. The number of hydrogen-bond donors (Lipinski definition) is 0. The summed E-state index contributed by atoms with van der Waals surface area (Å²) in [7, 11) is 0. The highest BCUT2D eigenvalue weighted by Gasteiger charge is 1.92. The molecule has 0 bridgehead atoms. The maximum Gasteiger partial charge on any atom is 0.124 e. The van der Waals surface area contributed by atoms with Gasteiger partial charge in [0.15, 0.2) is 0 Å². The molecule has 5 heteroatoms. The van der Waals surface area contributed by atoms with Gasteiger partial charge >= 0.3 is 0 Å². The largest absolute Gasteiger partial charge is 0.365 e. The van der Waals surface area contributed by atoms with Gasteiger partial charge in [-0.25, -0.2) is 4.99 Å². The van der Waals surface area contributed by atoms with Crippen LogP contribution in [-0.4, -0.2) is 28.7 Å². The quantitative estimate of drug-likeness (QED) is 0.696. The molecule has 0 fully saturated rings. The maximum atomic E-state index is 4.46. The van der Waals surface area contributed by atoms with Gasteiger partial charge in [-0.1, -0.05) is 35.0 Å². The summed E-state index contributed by atoms with van der Waals surface area (Å²) < 4.78 is 4.46. The van der Waals surface area contributed by atoms with Gasteiger partial charge in [0.2, 0.25) is 0 Å². The summed E-state index contributed by atoms with van der Waals surface area (Å²) >= 11 is 0. The molecule has 0 radical (unpaired) electrons. The van der Waals surface area contributed by atoms with Crippen molar-refractivity contribution < 1.29 is 4.52 Å². The van der Waals surface area contributed by atoms with E-state index in [4.69, 9.17) is 0 Å². The zero-order valence-corrected chi connectivity index (χ0v) is 15.3. The molecule has 0 N–H and O–H groups in total. The smallest absolute Gasteiger partial charge is 0.124 e. The Balaban J connectivity index is 0.000000167. The SMILES string of the molecule is CC1=CC=CC1.CC1C=NC=N1.Cc1ccccn1.Cc1ccon1. The standard InChI is InChI=1S/C6H7N.C6H8.C4H6N2.C4H5NO/c1-6-4-2-3-5-7-6;1-6-4-2-3-5-6;1-4-2-5-3-6-4;1-4-2-3-6-5-4/h2-5H,1H3;2-4H,5H2,1H3;2-4H,1H3;2-3H,1H3. The van der Waals surface area contributed by atoms with Gasteiger partial charge in [0.1, 0.15) is 12.6 Å². The third kappa shape index (κ3) is 11.4. The molecule has 0 spiro atoms. The Morgan fingerprint density at radius 3 is 2.12 bits per heavy atom. The second kappa shape index (κ2) is 12.6. The predicted octanol–water partition coefficient (Wildman–Crippen LogP) is 4.75. The third-order valence-corrected chi connectivity index (χ3v) is 3.01. The molecule has 1 atom stereocenters. The van der Waals surface area contributed by atoms with Crippen LogP contribution in [0.4, 0.5) is 0 Å². The number of aliphatic imine (C=N–C) groups is 2. The molecule has 1 unspecified atom stereocenters. The van der Waals surface area contributed by atoms with Crippen molar-refractivity contribution >= 4 is 12.6 Å². The molecule has 25 heavy (non-hydrogen) atoms. The van der Waals surface area contributed by atoms with E-state index in [9.17, 15) is 0 Å². The van der Waals surface area contributed by atoms with Crippen molar-refractivity contribution in [1.82, 2.24) is 10.1 Å². The normalized spacial score (nSPS) is 16.0. The molecule has 2 aromatic rings. The highest BCUT2D eigenvalue weighted by atomic mass is 16.5. The lowest BCUT2D eigenvalue weighted by Gasteiger charge is -1.82. The van der Waals surface area contributed by atoms with E-state index >= 15 is 0 Å². The molecule has 0 saturated heterocycles. The molecule has 0 amide bonds. The second-order valence-electron chi connectivity index (χ2n) is 5.56. The van der Waals surface area contributed by atoms with Gasteiger partial charge in [0.25, 0.3) is 0 Å². The lowest BCUT2D eigenvalue weighted by atomic mass is 10.3. The van der Waals surface area contributed by atoms with E-state index < -0.39 is 0 Å². The number of pyridine rings is 1. The molecular formula is C20H26N4O. The average molecular weight is 338 g/mol. The maximum absolute atomic E-state index is 4.46. The summed E-state index contributed by atoms with van der Waals surface area (Å²) in [5.74, 6) is 0. The Bertz CT molecular complexity index is 674. The zero-order chi connectivity index (χ0) is 18.3. The van der Waals surface area contributed by atoms with Crippen LogP contribution in [0.1, 0.15) is 31.7 Å². The lowest BCUT2D eigenvalue weighted by molar-refractivity contribution is 0.415. The molecular weight excluding hydrogens is 312 g/mol. The number of aromatic nitrogens is 2. The number of hydrogen-bond acceptors (Lipinski definition) is 5. The first-order chi connectivity index (χ1) is 12.1. The molecule has 3 heterocycles. The van der Waals surface area contributed by atoms with Gasteiger partial charge in [-0.2, -0.15) is 0 Å². The first kappa shape index (κ1) is 20.2. The topological polar surface area (TPSA) is 63.6 Å². The Hall–Kier alpha value is -2.82. The summed E-state index contributed by atoms with van der Waals surface area (Å²) in [4.78, 5) is 11.6. The van der Waals surface area contributed by atoms with Gasteiger partial charge in [-0.15, -0.1) is 0 Å². The van der Waals surface area contributed by atoms with Crippen molar-refractivity contribution in [2.75, 3.05) is 0 Å². The molecule has 2 aliphatic rings. The molecule has 0 saturated carbocycles. The van der Waals surface area contributed by atoms with Gasteiger partial charge in [-0.3, -0.25) is 9.98 Å². The highest BCUT2D eigenvalue weighted by molar-refractivity contribution is 5.81. The van der Waals surface area contributed by atoms with Crippen molar-refractivity contribution in [1.29, 1.82) is 0 Å². The summed E-state index contributed by atoms with van der Waals surface area (Å²) in [5, 5.41) is 3.54. The minimum absolute atomic E-state index is 0.324. The van der Waals surface area contributed by atoms with Crippen LogP contribution in [0.5, 0.6) is 0 Å². The van der Waals surface area contributed by atoms with Gasteiger partial charge in [0, 0.05) is 24.2 Å². The van der Waals surface area contributed by atoms with Crippen molar-refractivity contribution in [3.05, 3.63) is 71.9 Å². The Morgan fingerprint density at radius 2 is 1.92 bits per heavy atom. The predicted molar refractivity (Wildman–Crippen MR) is 104 cm³/mol. The molecule has 4 rings (SSSR count). The monoisotopic (exact) mass is 338 g/mol. The van der Waals surface area contributed by atoms with Crippen LogP contribution in [0.3, 0.4) is 0 Å². The van der Waals surface area contributed by atoms with E-state index in [1.807, 2.05) is 39.0 Å². The van der Waals surface area contributed by atoms with E-state index in [2.05, 4.69) is 49.8 Å². The van der Waals surface area contributed by atoms with Crippen molar-refractivity contribution in [2.45, 2.75) is 40.2 Å². The average Bonchev–Trinajstić information content (AvgIpc) is 3.36. The molecule has 0 aromatic carbocycles. The first-order valence-electron chi connectivity index (χ1n) is 8.19. The summed E-state index contributed by atoms with van der Waals surface area (Å²) in [6.07, 6.45) is 14.3. The molecule has 1 aliphatic carbocycles. The van der Waals surface area contributed by atoms with Crippen molar-refractivity contribution in [3.63, 3.8) is 0 Å². The van der Waals surface area contributed by atoms with E-state index in [0.717, 1.165) is 11.4 Å². The summed E-state index contributed by atoms with van der Waals surface area (Å²) in [5.41, 5.74) is 3.47. The van der Waals surface area contributed by atoms with Gasteiger partial charge in [0.05, 0.1) is 11.7 Å². The van der Waals surface area contributed by atoms with Crippen LogP contribution in [0.15, 0.2) is 75.0 Å². The number of rotatable bonds is 0. The Morgan fingerprint density at radius 1 is 1.08 bits per heavy atom. The van der Waals surface area contributed by atoms with Crippen LogP contribution in [0.25, 0.3) is 0 Å². The van der Waals surface area contributed by atoms with Crippen LogP contribution in [-0.2, 0) is 0 Å². The van der Waals surface area contributed by atoms with Crippen molar-refractivity contribution in [3.8, 4) is 0 Å². The second-order valence-corrected chi connectivity index (χ2v) is 5.56. The first-order valence-corrected chi connectivity index (χ1v) is 8.19. The summed E-state index contributed by atoms with van der Waals surface area (Å²) in [6, 6.07) is 7.99. The fraction of sp³-hybridized carbons (Fsp3) is 0.300. The lowest BCUT2D eigenvalue weighted by Crippen LogP contribution is -1.90. The Kier molecular flexibility index (Phi) is 10.2. The number of allylic oxidation sites excluding steroid dienone is 4. The minimum Gasteiger partial charge on any atom is -0.365 e. The van der Waals surface area contributed by atoms with Crippen LogP contribution < -0.4 is 0 Å². The van der Waals surface area contributed by atoms with Gasteiger partial charge in [-0.05, 0) is 46.2 Å². The fourth-order valence-electron chi connectivity index (χ4n) is 1.62. The molecule has 132 valence electrons. The van der Waals surface area contributed by atoms with E-state index in [0.29, 0.717) is 6.04 Å². The van der Waals surface area contributed by atoms with E-state index in [1.165, 1.54) is 12.0 Å². The summed E-state index contributed by atoms with van der Waals surface area (Å²) in [6.45, 7) is 7.98. The number of aryl methyl sites for hydroxylation is 2. The molecule has 2 aromatic heterocycles. The minimum atomic E-state index is 0.324. The zero-order valence-electron chi connectivity index (χ0n) is 15.3. The van der Waals surface area contributed by atoms with Crippen LogP contribution >= 0.6 is 0 Å².